The Balaban J connectivity index is 1.15. The Hall–Kier alpha value is -2.90. The highest BCUT2D eigenvalue weighted by molar-refractivity contribution is 7.13. The molecule has 1 atom stereocenters. The molecule has 4 heterocycles. The normalized spacial score (nSPS) is 23.8. The summed E-state index contributed by atoms with van der Waals surface area (Å²) >= 11 is 1.52. The Morgan fingerprint density at radius 1 is 1.06 bits per heavy atom. The van der Waals surface area contributed by atoms with Crippen molar-refractivity contribution in [3.63, 3.8) is 0 Å². The molecule has 0 spiro atoms. The van der Waals surface area contributed by atoms with Crippen LogP contribution in [0.15, 0.2) is 66.2 Å². The summed E-state index contributed by atoms with van der Waals surface area (Å²) in [7, 11) is 0. The summed E-state index contributed by atoms with van der Waals surface area (Å²) in [6.45, 7) is 5.01. The van der Waals surface area contributed by atoms with E-state index in [1.54, 1.807) is 5.51 Å². The molecule has 0 radical (unpaired) electrons. The van der Waals surface area contributed by atoms with Crippen molar-refractivity contribution in [3.8, 4) is 16.2 Å². The van der Waals surface area contributed by atoms with Gasteiger partial charge in [0.05, 0.1) is 36.6 Å². The van der Waals surface area contributed by atoms with Crippen LogP contribution in [-0.4, -0.2) is 54.5 Å². The van der Waals surface area contributed by atoms with Crippen molar-refractivity contribution >= 4 is 23.2 Å². The minimum atomic E-state index is -0.401. The maximum atomic E-state index is 12.8. The van der Waals surface area contributed by atoms with Crippen LogP contribution in [0.5, 0.6) is 5.75 Å². The van der Waals surface area contributed by atoms with Crippen LogP contribution in [0.3, 0.4) is 0 Å². The fourth-order valence-corrected chi connectivity index (χ4v) is 5.92. The average molecular weight is 465 g/mol. The van der Waals surface area contributed by atoms with Gasteiger partial charge in [0.1, 0.15) is 12.3 Å². The van der Waals surface area contributed by atoms with Gasteiger partial charge in [0.25, 0.3) is 0 Å². The molecule has 1 N–H and O–H groups in total. The van der Waals surface area contributed by atoms with E-state index in [1.165, 1.54) is 24.4 Å². The molecule has 0 saturated carbocycles. The van der Waals surface area contributed by atoms with E-state index in [9.17, 15) is 4.79 Å². The first-order chi connectivity index (χ1) is 16.2. The molecule has 2 aromatic carbocycles. The standard InChI is InChI=1S/C26H29N3O3S/c30-26(28-25-24(33-19-27-25)21-8-3-1-4-9-21)32-23-18-29(15-12-20(23)13-16-29)14-7-17-31-22-10-5-2-6-11-22/h1-6,8-11,19-20,23H,7,12-18H2/p+1/t20?,23-,29?/m0/s1. The van der Waals surface area contributed by atoms with Gasteiger partial charge in [0, 0.05) is 25.2 Å². The zero-order valence-electron chi connectivity index (χ0n) is 18.7. The van der Waals surface area contributed by atoms with Crippen molar-refractivity contribution in [3.05, 3.63) is 66.2 Å². The number of rotatable bonds is 8. The van der Waals surface area contributed by atoms with E-state index in [0.29, 0.717) is 18.3 Å². The van der Waals surface area contributed by atoms with Crippen molar-refractivity contribution in [1.29, 1.82) is 0 Å². The zero-order chi connectivity index (χ0) is 22.5. The minimum Gasteiger partial charge on any atom is -0.493 e. The molecule has 3 saturated heterocycles. The number of carbonyl (C=O) groups excluding carboxylic acids is 1. The third-order valence-electron chi connectivity index (χ3n) is 6.91. The molecular formula is C26H30N3O3S+. The molecule has 1 amide bonds. The Morgan fingerprint density at radius 2 is 1.79 bits per heavy atom. The molecule has 33 heavy (non-hydrogen) atoms. The van der Waals surface area contributed by atoms with E-state index < -0.39 is 6.09 Å². The highest BCUT2D eigenvalue weighted by atomic mass is 32.1. The van der Waals surface area contributed by atoms with Crippen molar-refractivity contribution in [2.75, 3.05) is 38.1 Å². The lowest BCUT2D eigenvalue weighted by molar-refractivity contribution is -0.946. The maximum absolute atomic E-state index is 12.8. The number of fused-ring (bicyclic) bond motifs is 3. The first-order valence-corrected chi connectivity index (χ1v) is 12.6. The molecule has 3 aliphatic heterocycles. The summed E-state index contributed by atoms with van der Waals surface area (Å²) in [5, 5.41) is 2.89. The number of nitrogens with zero attached hydrogens (tertiary/aromatic N) is 2. The lowest BCUT2D eigenvalue weighted by Crippen LogP contribution is -2.64. The average Bonchev–Trinajstić information content (AvgIpc) is 3.32. The predicted molar refractivity (Wildman–Crippen MR) is 130 cm³/mol. The first-order valence-electron chi connectivity index (χ1n) is 11.7. The third kappa shape index (κ3) is 5.20. The Kier molecular flexibility index (Phi) is 6.60. The second-order valence-corrected chi connectivity index (χ2v) is 9.87. The number of aromatic nitrogens is 1. The molecule has 7 heteroatoms. The summed E-state index contributed by atoms with van der Waals surface area (Å²) in [5.74, 6) is 1.95. The number of nitrogens with one attached hydrogen (secondary N) is 1. The summed E-state index contributed by atoms with van der Waals surface area (Å²) in [6, 6.07) is 20.0. The topological polar surface area (TPSA) is 60.5 Å². The Bertz CT molecular complexity index is 1050. The van der Waals surface area contributed by atoms with Crippen LogP contribution in [0.2, 0.25) is 0 Å². The van der Waals surface area contributed by atoms with E-state index in [4.69, 9.17) is 9.47 Å². The van der Waals surface area contributed by atoms with E-state index in [1.807, 2.05) is 60.7 Å². The molecule has 3 fully saturated rings. The number of ether oxygens (including phenoxy) is 2. The van der Waals surface area contributed by atoms with E-state index in [2.05, 4.69) is 10.3 Å². The SMILES string of the molecule is O=C(Nc1ncsc1-c1ccccc1)O[C@H]1C[N+]2(CCCOc3ccccc3)CCC1CC2. The van der Waals surface area contributed by atoms with Gasteiger partial charge in [-0.25, -0.2) is 9.78 Å². The molecule has 2 bridgehead atoms. The highest BCUT2D eigenvalue weighted by Gasteiger charge is 2.47. The lowest BCUT2D eigenvalue weighted by atomic mass is 9.83. The van der Waals surface area contributed by atoms with Crippen LogP contribution < -0.4 is 10.1 Å². The van der Waals surface area contributed by atoms with Gasteiger partial charge in [0.15, 0.2) is 11.9 Å². The number of benzene rings is 2. The van der Waals surface area contributed by atoms with Gasteiger partial charge >= 0.3 is 6.09 Å². The number of anilines is 1. The molecule has 3 aliphatic rings. The van der Waals surface area contributed by atoms with Gasteiger partial charge in [-0.2, -0.15) is 0 Å². The minimum absolute atomic E-state index is 0.0404. The van der Waals surface area contributed by atoms with Gasteiger partial charge in [-0.15, -0.1) is 11.3 Å². The van der Waals surface area contributed by atoms with Crippen molar-refractivity contribution in [2.45, 2.75) is 25.4 Å². The fourth-order valence-electron chi connectivity index (χ4n) is 5.17. The van der Waals surface area contributed by atoms with Gasteiger partial charge in [-0.1, -0.05) is 48.5 Å². The van der Waals surface area contributed by atoms with Gasteiger partial charge in [-0.05, 0) is 17.7 Å². The number of hydrogen-bond donors (Lipinski definition) is 1. The fraction of sp³-hybridized carbons (Fsp3) is 0.385. The van der Waals surface area contributed by atoms with Crippen LogP contribution in [-0.2, 0) is 4.74 Å². The van der Waals surface area contributed by atoms with E-state index >= 15 is 0 Å². The Labute approximate surface area is 198 Å². The van der Waals surface area contributed by atoms with Crippen LogP contribution >= 0.6 is 11.3 Å². The zero-order valence-corrected chi connectivity index (χ0v) is 19.5. The molecule has 6 rings (SSSR count). The molecule has 1 aromatic heterocycles. The molecule has 0 aliphatic carbocycles. The summed E-state index contributed by atoms with van der Waals surface area (Å²) in [5.41, 5.74) is 2.80. The number of piperidine rings is 3. The van der Waals surface area contributed by atoms with Gasteiger partial charge in [0.2, 0.25) is 0 Å². The molecule has 3 aromatic rings. The second-order valence-electron chi connectivity index (χ2n) is 9.01. The van der Waals surface area contributed by atoms with Crippen LogP contribution in [0.4, 0.5) is 10.6 Å². The summed E-state index contributed by atoms with van der Waals surface area (Å²) in [6.07, 6.45) is 2.79. The third-order valence-corrected chi connectivity index (χ3v) is 7.79. The quantitative estimate of drug-likeness (QED) is 0.356. The molecule has 0 unspecified atom stereocenters. The number of amides is 1. The van der Waals surface area contributed by atoms with Crippen LogP contribution in [0.1, 0.15) is 19.3 Å². The monoisotopic (exact) mass is 464 g/mol. The summed E-state index contributed by atoms with van der Waals surface area (Å²) < 4.78 is 12.9. The number of para-hydroxylation sites is 1. The molecular weight excluding hydrogens is 434 g/mol. The van der Waals surface area contributed by atoms with Crippen molar-refractivity contribution < 1.29 is 18.8 Å². The molecule has 6 nitrogen and oxygen atoms in total. The predicted octanol–water partition coefficient (Wildman–Crippen LogP) is 5.44. The van der Waals surface area contributed by atoms with E-state index in [-0.39, 0.29) is 6.10 Å². The van der Waals surface area contributed by atoms with E-state index in [0.717, 1.165) is 53.0 Å². The largest absolute Gasteiger partial charge is 0.493 e. The van der Waals surface area contributed by atoms with Gasteiger partial charge < -0.3 is 14.0 Å². The lowest BCUT2D eigenvalue weighted by Gasteiger charge is -2.52. The second kappa shape index (κ2) is 9.93. The van der Waals surface area contributed by atoms with Crippen LogP contribution in [0.25, 0.3) is 10.4 Å². The number of quaternary nitrogens is 1. The number of thiazole rings is 1. The van der Waals surface area contributed by atoms with Gasteiger partial charge in [-0.3, -0.25) is 5.32 Å². The number of hydrogen-bond acceptors (Lipinski definition) is 5. The smallest absolute Gasteiger partial charge is 0.413 e. The maximum Gasteiger partial charge on any atom is 0.413 e. The highest BCUT2D eigenvalue weighted by Crippen LogP contribution is 2.36. The number of carbonyl (C=O) groups is 1. The first kappa shape index (κ1) is 21.9. The van der Waals surface area contributed by atoms with Crippen molar-refractivity contribution in [1.82, 2.24) is 4.98 Å². The molecule has 172 valence electrons. The summed E-state index contributed by atoms with van der Waals surface area (Å²) in [4.78, 5) is 18.1. The van der Waals surface area contributed by atoms with Crippen molar-refractivity contribution in [2.24, 2.45) is 5.92 Å². The van der Waals surface area contributed by atoms with Crippen LogP contribution in [0, 0.1) is 5.92 Å². The Morgan fingerprint density at radius 3 is 2.55 bits per heavy atom.